The van der Waals surface area contributed by atoms with E-state index in [1.54, 1.807) is 22.3 Å². The van der Waals surface area contributed by atoms with Gasteiger partial charge < -0.3 is 0 Å². The van der Waals surface area contributed by atoms with Gasteiger partial charge in [-0.15, -0.1) is 0 Å². The van der Waals surface area contributed by atoms with Gasteiger partial charge in [0.05, 0.1) is 0 Å². The molecule has 0 unspecified atom stereocenters. The van der Waals surface area contributed by atoms with Crippen molar-refractivity contribution < 1.29 is 24.2 Å². The van der Waals surface area contributed by atoms with Crippen LogP contribution in [0.2, 0.25) is 0 Å². The van der Waals surface area contributed by atoms with Gasteiger partial charge in [-0.1, -0.05) is 51.4 Å². The average Bonchev–Trinajstić information content (AvgIpc) is 3.33. The van der Waals surface area contributed by atoms with E-state index in [9.17, 15) is 0 Å². The predicted octanol–water partition coefficient (Wildman–Crippen LogP) is 6.94. The fraction of sp³-hybridized carbons (Fsp3) is 0.346. The molecule has 0 saturated heterocycles. The summed E-state index contributed by atoms with van der Waals surface area (Å²) in [7, 11) is 0. The second kappa shape index (κ2) is 18.1. The molecule has 0 aromatic heterocycles. The largest absolute Gasteiger partial charge is 0.210 e. The van der Waals surface area contributed by atoms with Crippen LogP contribution in [0.3, 0.4) is 0 Å². The molecule has 0 nitrogen and oxygen atoms in total. The Kier molecular flexibility index (Phi) is 17.2. The fourth-order valence-electron chi connectivity index (χ4n) is 3.23. The van der Waals surface area contributed by atoms with Crippen molar-refractivity contribution in [3.63, 3.8) is 0 Å². The topological polar surface area (TPSA) is 0 Å². The van der Waals surface area contributed by atoms with Crippen molar-refractivity contribution in [3.8, 4) is 0 Å². The third-order valence-electron chi connectivity index (χ3n) is 4.30. The number of hydrogen-bond donors (Lipinski definition) is 0. The molecule has 0 radical (unpaired) electrons. The Hall–Kier alpha value is -1.33. The van der Waals surface area contributed by atoms with Crippen LogP contribution < -0.4 is 0 Å². The van der Waals surface area contributed by atoms with Gasteiger partial charge in [0, 0.05) is 0 Å². The molecule has 0 fully saturated rings. The maximum Gasteiger partial charge on any atom is -0.0512 e. The van der Waals surface area contributed by atoms with Crippen LogP contribution in [0.4, 0.5) is 0 Å². The normalized spacial score (nSPS) is 12.9. The number of aryl methyl sites for hydroxylation is 4. The first-order valence-electron chi connectivity index (χ1n) is 9.90. The number of allylic oxidation sites excluding steroid dienone is 2. The first kappa shape index (κ1) is 25.7. The molecule has 0 spiro atoms. The second-order valence-corrected chi connectivity index (χ2v) is 7.85. The summed E-state index contributed by atoms with van der Waals surface area (Å²) in [5.74, 6) is 0. The Morgan fingerprint density at radius 3 is 1.41 bits per heavy atom. The Bertz CT molecular complexity index is 510. The van der Waals surface area contributed by atoms with Gasteiger partial charge in [-0.2, -0.15) is 46.5 Å². The summed E-state index contributed by atoms with van der Waals surface area (Å²) in [4.78, 5) is 0. The molecule has 2 aromatic carbocycles. The Balaban J connectivity index is 0.000000354. The minimum Gasteiger partial charge on any atom is -0.210 e. The minimum absolute atomic E-state index is 1.32. The zero-order chi connectivity index (χ0) is 20.3. The third-order valence-corrected chi connectivity index (χ3v) is 4.30. The first-order chi connectivity index (χ1) is 13.2. The zero-order valence-corrected chi connectivity index (χ0v) is 19.6. The summed E-state index contributed by atoms with van der Waals surface area (Å²) in [5, 5.41) is 0. The van der Waals surface area contributed by atoms with Crippen molar-refractivity contribution in [2.75, 3.05) is 0 Å². The van der Waals surface area contributed by atoms with Gasteiger partial charge in [-0.3, -0.25) is 0 Å². The molecule has 0 aliphatic heterocycles. The van der Waals surface area contributed by atoms with Gasteiger partial charge in [0.2, 0.25) is 0 Å². The Morgan fingerprint density at radius 2 is 1.11 bits per heavy atom. The summed E-state index contributed by atoms with van der Waals surface area (Å²) >= 11 is 1.51. The van der Waals surface area contributed by atoms with Crippen molar-refractivity contribution >= 4 is 3.71 Å². The van der Waals surface area contributed by atoms with E-state index in [4.69, 9.17) is 0 Å². The molecule has 4 rings (SSSR count). The molecule has 148 valence electrons. The van der Waals surface area contributed by atoms with Crippen LogP contribution in [0.5, 0.6) is 0 Å². The van der Waals surface area contributed by atoms with Crippen LogP contribution in [0.25, 0.3) is 0 Å². The van der Waals surface area contributed by atoms with Crippen molar-refractivity contribution in [1.29, 1.82) is 0 Å². The second-order valence-electron chi connectivity index (χ2n) is 6.43. The quantitative estimate of drug-likeness (QED) is 0.390. The molecular formula is C26H36Zr-4. The van der Waals surface area contributed by atoms with Crippen LogP contribution in [-0.2, 0) is 49.9 Å². The van der Waals surface area contributed by atoms with Gasteiger partial charge in [-0.05, 0) is 0 Å². The van der Waals surface area contributed by atoms with Crippen molar-refractivity contribution in [3.05, 3.63) is 97.8 Å². The van der Waals surface area contributed by atoms with Gasteiger partial charge >= 0.3 is 34.9 Å². The molecule has 0 atom stereocenters. The molecule has 2 aliphatic rings. The van der Waals surface area contributed by atoms with Crippen molar-refractivity contribution in [2.45, 2.75) is 58.3 Å². The standard InChI is InChI=1S/2C9H11.2C3H5.C2H4.Zr/c2*1-2-5-9-7-3-6-8(9)4-1;2*1-3-2;1-2;/h2*3,6-7H,1-2,4-5H2;2*3H,1-2H2;1H,2H3;/q4*-1;;. The summed E-state index contributed by atoms with van der Waals surface area (Å²) < 4.78 is 2.09. The summed E-state index contributed by atoms with van der Waals surface area (Å²) in [5.41, 5.74) is 6.39. The molecule has 1 heteroatoms. The maximum absolute atomic E-state index is 3.25. The van der Waals surface area contributed by atoms with E-state index in [-0.39, 0.29) is 0 Å². The van der Waals surface area contributed by atoms with E-state index in [2.05, 4.69) is 67.1 Å². The van der Waals surface area contributed by atoms with Gasteiger partial charge in [0.15, 0.2) is 0 Å². The fourth-order valence-corrected chi connectivity index (χ4v) is 3.23. The summed E-state index contributed by atoms with van der Waals surface area (Å²) in [6.45, 7) is 15.0. The molecule has 0 N–H and O–H groups in total. The number of hydrogen-bond acceptors (Lipinski definition) is 0. The van der Waals surface area contributed by atoms with Gasteiger partial charge in [-0.25, -0.2) is 51.3 Å². The third kappa shape index (κ3) is 11.9. The SMILES string of the molecule is C=C[CH2-].C=C[CH2-].C[CH]=[Zr].c1cc2c([cH-]1)CCCC2.c1cc2c([cH-]1)CCCC2. The Labute approximate surface area is 183 Å². The maximum atomic E-state index is 3.25. The van der Waals surface area contributed by atoms with E-state index in [0.29, 0.717) is 0 Å². The predicted molar refractivity (Wildman–Crippen MR) is 120 cm³/mol. The zero-order valence-electron chi connectivity index (χ0n) is 17.2. The molecule has 0 saturated carbocycles. The summed E-state index contributed by atoms with van der Waals surface area (Å²) in [6, 6.07) is 13.4. The van der Waals surface area contributed by atoms with E-state index >= 15 is 0 Å². The van der Waals surface area contributed by atoms with Gasteiger partial charge in [0.25, 0.3) is 0 Å². The van der Waals surface area contributed by atoms with E-state index in [0.717, 1.165) is 0 Å². The molecular weight excluding hydrogens is 404 g/mol. The monoisotopic (exact) mass is 438 g/mol. The van der Waals surface area contributed by atoms with Crippen LogP contribution >= 0.6 is 0 Å². The smallest absolute Gasteiger partial charge is 0.0512 e. The molecule has 0 heterocycles. The van der Waals surface area contributed by atoms with Crippen LogP contribution in [0, 0.1) is 13.8 Å². The van der Waals surface area contributed by atoms with Crippen LogP contribution in [0.1, 0.15) is 54.9 Å². The van der Waals surface area contributed by atoms with Crippen molar-refractivity contribution in [1.82, 2.24) is 0 Å². The number of rotatable bonds is 0. The summed E-state index contributed by atoms with van der Waals surface area (Å²) in [6.07, 6.45) is 13.9. The van der Waals surface area contributed by atoms with E-state index in [1.165, 1.54) is 87.8 Å². The van der Waals surface area contributed by atoms with Crippen LogP contribution in [0.15, 0.2) is 61.7 Å². The number of fused-ring (bicyclic) bond motifs is 2. The molecule has 27 heavy (non-hydrogen) atoms. The Morgan fingerprint density at radius 1 is 0.815 bits per heavy atom. The van der Waals surface area contributed by atoms with Gasteiger partial charge in [0.1, 0.15) is 0 Å². The molecule has 0 amide bonds. The minimum atomic E-state index is 1.32. The van der Waals surface area contributed by atoms with E-state index in [1.807, 2.05) is 6.92 Å². The first-order valence-corrected chi connectivity index (χ1v) is 11.3. The molecule has 2 aliphatic carbocycles. The average molecular weight is 440 g/mol. The van der Waals surface area contributed by atoms with Crippen LogP contribution in [-0.4, -0.2) is 3.71 Å². The molecule has 0 bridgehead atoms. The molecule has 2 aromatic rings. The van der Waals surface area contributed by atoms with Crippen molar-refractivity contribution in [2.24, 2.45) is 0 Å². The van der Waals surface area contributed by atoms with E-state index < -0.39 is 0 Å².